The molecule has 2 aromatic rings. The molecule has 0 aliphatic heterocycles. The number of nitrogens with two attached hydrogens (primary N) is 1. The Bertz CT molecular complexity index is 654. The fourth-order valence-electron chi connectivity index (χ4n) is 2.11. The molecule has 3 N–H and O–H groups in total. The van der Waals surface area contributed by atoms with Gasteiger partial charge in [-0.15, -0.1) is 17.5 Å². The van der Waals surface area contributed by atoms with Crippen LogP contribution in [-0.2, 0) is 4.79 Å². The van der Waals surface area contributed by atoms with Gasteiger partial charge in [-0.2, -0.15) is 0 Å². The number of rotatable bonds is 5. The highest BCUT2D eigenvalue weighted by Crippen LogP contribution is 2.36. The van der Waals surface area contributed by atoms with E-state index in [0.717, 1.165) is 24.2 Å². The molecule has 0 spiro atoms. The van der Waals surface area contributed by atoms with Crippen molar-refractivity contribution in [3.63, 3.8) is 0 Å². The second-order valence-corrected chi connectivity index (χ2v) is 5.26. The van der Waals surface area contributed by atoms with Gasteiger partial charge in [-0.25, -0.2) is 4.68 Å². The Morgan fingerprint density at radius 2 is 2.27 bits per heavy atom. The number of halogens is 1. The third-order valence-corrected chi connectivity index (χ3v) is 3.55. The fraction of sp³-hybridized carbons (Fsp3) is 0.429. The zero-order chi connectivity index (χ0) is 14.8. The predicted octanol–water partition coefficient (Wildman–Crippen LogP) is 1.77. The first-order valence-electron chi connectivity index (χ1n) is 7.13. The molecule has 1 aliphatic carbocycles. The van der Waals surface area contributed by atoms with Gasteiger partial charge < -0.3 is 11.1 Å². The monoisotopic (exact) mass is 322 g/mol. The lowest BCUT2D eigenvalue weighted by Gasteiger charge is -2.11. The van der Waals surface area contributed by atoms with Gasteiger partial charge in [-0.05, 0) is 41.8 Å². The largest absolute Gasteiger partial charge is 0.325 e. The summed E-state index contributed by atoms with van der Waals surface area (Å²) in [5.41, 5.74) is 7.31. The van der Waals surface area contributed by atoms with Crippen molar-refractivity contribution in [2.24, 2.45) is 5.73 Å². The molecule has 1 aliphatic rings. The van der Waals surface area contributed by atoms with Crippen molar-refractivity contribution in [1.29, 1.82) is 0 Å². The molecule has 0 radical (unpaired) electrons. The summed E-state index contributed by atoms with van der Waals surface area (Å²) in [5.74, 6) is 0.546. The van der Waals surface area contributed by atoms with Gasteiger partial charge in [0.25, 0.3) is 0 Å². The Morgan fingerprint density at radius 3 is 2.95 bits per heavy atom. The van der Waals surface area contributed by atoms with Crippen LogP contribution < -0.4 is 11.1 Å². The molecular weight excluding hydrogens is 304 g/mol. The van der Waals surface area contributed by atoms with E-state index in [2.05, 4.69) is 20.8 Å². The van der Waals surface area contributed by atoms with Crippen LogP contribution in [0.4, 0.5) is 5.69 Å². The van der Waals surface area contributed by atoms with Crippen LogP contribution in [0.5, 0.6) is 0 Å². The molecule has 8 heteroatoms. The second kappa shape index (κ2) is 6.85. The van der Waals surface area contributed by atoms with Gasteiger partial charge >= 0.3 is 0 Å². The van der Waals surface area contributed by atoms with Crippen LogP contribution >= 0.6 is 12.4 Å². The number of nitrogens with one attached hydrogen (secondary N) is 1. The number of hydrogen-bond acceptors (Lipinski definition) is 5. The summed E-state index contributed by atoms with van der Waals surface area (Å²) in [6, 6.07) is 7.40. The third-order valence-electron chi connectivity index (χ3n) is 3.55. The molecule has 0 bridgehead atoms. The topological polar surface area (TPSA) is 98.7 Å². The molecule has 22 heavy (non-hydrogen) atoms. The van der Waals surface area contributed by atoms with Gasteiger partial charge in [0.05, 0.1) is 12.1 Å². The van der Waals surface area contributed by atoms with Crippen molar-refractivity contribution in [1.82, 2.24) is 20.2 Å². The maximum absolute atomic E-state index is 11.8. The van der Waals surface area contributed by atoms with Crippen LogP contribution in [0.15, 0.2) is 24.3 Å². The number of benzene rings is 1. The second-order valence-electron chi connectivity index (χ2n) is 5.26. The Balaban J connectivity index is 0.00000176. The Hall–Kier alpha value is -1.99. The standard InChI is InChI=1S/C14H18N6O.ClH/c1-2-12(15)14(21)16-10-5-3-4-9(8-10)13-17-18-19-20(13)11-6-7-11;/h3-5,8,11-12H,2,6-7,15H2,1H3,(H,16,21);1H/t12-;/m0./s1. The molecule has 0 saturated heterocycles. The normalized spacial score (nSPS) is 15.0. The fourth-order valence-corrected chi connectivity index (χ4v) is 2.11. The maximum atomic E-state index is 11.8. The quantitative estimate of drug-likeness (QED) is 0.874. The van der Waals surface area contributed by atoms with Gasteiger partial charge in [0, 0.05) is 11.3 Å². The van der Waals surface area contributed by atoms with Crippen molar-refractivity contribution in [2.75, 3.05) is 5.32 Å². The molecule has 1 fully saturated rings. The van der Waals surface area contributed by atoms with E-state index < -0.39 is 6.04 Å². The van der Waals surface area contributed by atoms with E-state index in [9.17, 15) is 4.79 Å². The number of anilines is 1. The summed E-state index contributed by atoms with van der Waals surface area (Å²) in [5, 5.41) is 14.7. The van der Waals surface area contributed by atoms with E-state index in [1.165, 1.54) is 0 Å². The van der Waals surface area contributed by atoms with E-state index >= 15 is 0 Å². The lowest BCUT2D eigenvalue weighted by atomic mass is 10.1. The molecule has 1 heterocycles. The number of amides is 1. The van der Waals surface area contributed by atoms with Crippen LogP contribution in [0.2, 0.25) is 0 Å². The summed E-state index contributed by atoms with van der Waals surface area (Å²) in [7, 11) is 0. The number of carbonyl (C=O) groups excluding carboxylic acids is 1. The lowest BCUT2D eigenvalue weighted by Crippen LogP contribution is -2.34. The Kier molecular flexibility index (Phi) is 5.10. The predicted molar refractivity (Wildman–Crippen MR) is 85.7 cm³/mol. The molecular formula is C14H19ClN6O. The zero-order valence-corrected chi connectivity index (χ0v) is 13.1. The Morgan fingerprint density at radius 1 is 1.50 bits per heavy atom. The van der Waals surface area contributed by atoms with Crippen molar-refractivity contribution < 1.29 is 4.79 Å². The minimum absolute atomic E-state index is 0. The third kappa shape index (κ3) is 3.42. The van der Waals surface area contributed by atoms with Crippen molar-refractivity contribution in [3.05, 3.63) is 24.3 Å². The van der Waals surface area contributed by atoms with E-state index in [-0.39, 0.29) is 18.3 Å². The first-order chi connectivity index (χ1) is 10.2. The van der Waals surface area contributed by atoms with Gasteiger partial charge in [0.15, 0.2) is 5.82 Å². The average molecular weight is 323 g/mol. The van der Waals surface area contributed by atoms with Crippen molar-refractivity contribution >= 4 is 24.0 Å². The molecule has 118 valence electrons. The highest BCUT2D eigenvalue weighted by Gasteiger charge is 2.28. The lowest BCUT2D eigenvalue weighted by molar-refractivity contribution is -0.117. The number of tetrazole rings is 1. The number of nitrogens with zero attached hydrogens (tertiary/aromatic N) is 4. The first-order valence-corrected chi connectivity index (χ1v) is 7.13. The van der Waals surface area contributed by atoms with E-state index in [4.69, 9.17) is 5.73 Å². The summed E-state index contributed by atoms with van der Waals surface area (Å²) in [6.45, 7) is 1.88. The van der Waals surface area contributed by atoms with Gasteiger partial charge in [0.2, 0.25) is 5.91 Å². The molecule has 7 nitrogen and oxygen atoms in total. The minimum atomic E-state index is -0.495. The van der Waals surface area contributed by atoms with Crippen LogP contribution in [0.25, 0.3) is 11.4 Å². The summed E-state index contributed by atoms with van der Waals surface area (Å²) in [4.78, 5) is 11.8. The van der Waals surface area contributed by atoms with Crippen LogP contribution in [-0.4, -0.2) is 32.2 Å². The molecule has 1 aromatic heterocycles. The van der Waals surface area contributed by atoms with E-state index in [1.807, 2.05) is 35.9 Å². The molecule has 1 atom stereocenters. The molecule has 1 saturated carbocycles. The smallest absolute Gasteiger partial charge is 0.241 e. The molecule has 1 amide bonds. The molecule has 0 unspecified atom stereocenters. The van der Waals surface area contributed by atoms with Crippen LogP contribution in [0.1, 0.15) is 32.2 Å². The minimum Gasteiger partial charge on any atom is -0.325 e. The Labute approximate surface area is 134 Å². The highest BCUT2D eigenvalue weighted by atomic mass is 35.5. The van der Waals surface area contributed by atoms with Gasteiger partial charge in [-0.3, -0.25) is 4.79 Å². The zero-order valence-electron chi connectivity index (χ0n) is 12.3. The van der Waals surface area contributed by atoms with Gasteiger partial charge in [-0.1, -0.05) is 19.1 Å². The number of hydrogen-bond donors (Lipinski definition) is 2. The maximum Gasteiger partial charge on any atom is 0.241 e. The van der Waals surface area contributed by atoms with Crippen molar-refractivity contribution in [3.8, 4) is 11.4 Å². The van der Waals surface area contributed by atoms with E-state index in [1.54, 1.807) is 0 Å². The summed E-state index contributed by atoms with van der Waals surface area (Å²) >= 11 is 0. The number of aromatic nitrogens is 4. The first kappa shape index (κ1) is 16.4. The summed E-state index contributed by atoms with van der Waals surface area (Å²) < 4.78 is 1.85. The highest BCUT2D eigenvalue weighted by molar-refractivity contribution is 5.95. The van der Waals surface area contributed by atoms with Crippen LogP contribution in [0.3, 0.4) is 0 Å². The van der Waals surface area contributed by atoms with E-state index in [0.29, 0.717) is 18.2 Å². The van der Waals surface area contributed by atoms with Crippen LogP contribution in [0, 0.1) is 0 Å². The SMILES string of the molecule is CC[C@H](N)C(=O)Nc1cccc(-c2nnnn2C2CC2)c1.Cl. The van der Waals surface area contributed by atoms with Gasteiger partial charge in [0.1, 0.15) is 0 Å². The van der Waals surface area contributed by atoms with Crippen molar-refractivity contribution in [2.45, 2.75) is 38.3 Å². The summed E-state index contributed by atoms with van der Waals surface area (Å²) in [6.07, 6.45) is 2.82. The average Bonchev–Trinajstić information content (AvgIpc) is 3.23. The number of carbonyl (C=O) groups is 1. The molecule has 3 rings (SSSR count). The molecule has 1 aromatic carbocycles.